The summed E-state index contributed by atoms with van der Waals surface area (Å²) in [7, 11) is 0. The second kappa shape index (κ2) is 5.93. The van der Waals surface area contributed by atoms with E-state index in [4.69, 9.17) is 21.4 Å². The van der Waals surface area contributed by atoms with Gasteiger partial charge in [-0.25, -0.2) is 4.79 Å². The Labute approximate surface area is 129 Å². The first-order chi connectivity index (χ1) is 10.2. The Kier molecular flexibility index (Phi) is 4.38. The first-order valence-electron chi connectivity index (χ1n) is 6.24. The second-order valence-electron chi connectivity index (χ2n) is 4.47. The molecule has 1 heterocycles. The molecule has 116 valence electrons. The van der Waals surface area contributed by atoms with Gasteiger partial charge in [0.05, 0.1) is 11.1 Å². The van der Waals surface area contributed by atoms with Crippen molar-refractivity contribution in [3.8, 4) is 17.6 Å². The molecule has 0 aromatic heterocycles. The van der Waals surface area contributed by atoms with Crippen molar-refractivity contribution < 1.29 is 27.8 Å². The summed E-state index contributed by atoms with van der Waals surface area (Å²) >= 11 is 5.89. The number of ether oxygens (including phenoxy) is 1. The lowest BCUT2D eigenvalue weighted by Crippen LogP contribution is -2.40. The molecule has 2 rings (SSSR count). The molecule has 1 atom stereocenters. The van der Waals surface area contributed by atoms with Gasteiger partial charge in [0, 0.05) is 17.0 Å². The van der Waals surface area contributed by atoms with Gasteiger partial charge >= 0.3 is 12.1 Å². The second-order valence-corrected chi connectivity index (χ2v) is 4.91. The highest BCUT2D eigenvalue weighted by atomic mass is 35.5. The molecule has 22 heavy (non-hydrogen) atoms. The highest BCUT2D eigenvalue weighted by molar-refractivity contribution is 6.31. The normalized spacial score (nSPS) is 16.8. The van der Waals surface area contributed by atoms with Gasteiger partial charge in [-0.3, -0.25) is 0 Å². The lowest BCUT2D eigenvalue weighted by Gasteiger charge is -2.27. The van der Waals surface area contributed by atoms with E-state index in [2.05, 4.69) is 11.8 Å². The molecule has 7 heteroatoms. The van der Waals surface area contributed by atoms with Crippen LogP contribution in [0.15, 0.2) is 17.7 Å². The summed E-state index contributed by atoms with van der Waals surface area (Å²) in [6, 6.07) is 2.72. The van der Waals surface area contributed by atoms with E-state index in [0.29, 0.717) is 6.42 Å². The van der Waals surface area contributed by atoms with Crippen LogP contribution in [-0.2, 0) is 4.79 Å². The molecule has 0 unspecified atom stereocenters. The van der Waals surface area contributed by atoms with E-state index in [-0.39, 0.29) is 21.9 Å². The molecule has 1 aromatic carbocycles. The zero-order valence-electron chi connectivity index (χ0n) is 11.3. The van der Waals surface area contributed by atoms with Crippen LogP contribution in [0.1, 0.15) is 24.5 Å². The fourth-order valence-electron chi connectivity index (χ4n) is 1.97. The van der Waals surface area contributed by atoms with Crippen molar-refractivity contribution in [2.24, 2.45) is 0 Å². The SMILES string of the molecule is CCC#Cc1cc(Cl)cc2c1O[C@@H](C(F)(F)F)C(C(=O)O)=C2. The predicted molar refractivity (Wildman–Crippen MR) is 74.7 cm³/mol. The highest BCUT2D eigenvalue weighted by Gasteiger charge is 2.48. The molecule has 0 saturated carbocycles. The summed E-state index contributed by atoms with van der Waals surface area (Å²) in [4.78, 5) is 11.1. The molecule has 3 nitrogen and oxygen atoms in total. The maximum atomic E-state index is 13.0. The zero-order valence-corrected chi connectivity index (χ0v) is 12.0. The van der Waals surface area contributed by atoms with E-state index in [1.807, 2.05) is 0 Å². The Bertz CT molecular complexity index is 711. The van der Waals surface area contributed by atoms with E-state index in [0.717, 1.165) is 6.08 Å². The summed E-state index contributed by atoms with van der Waals surface area (Å²) in [5.74, 6) is 3.59. The van der Waals surface area contributed by atoms with Crippen molar-refractivity contribution >= 4 is 23.6 Å². The van der Waals surface area contributed by atoms with Crippen molar-refractivity contribution in [3.05, 3.63) is 33.9 Å². The van der Waals surface area contributed by atoms with E-state index in [1.165, 1.54) is 12.1 Å². The number of hydrogen-bond acceptors (Lipinski definition) is 2. The highest BCUT2D eigenvalue weighted by Crippen LogP contribution is 2.40. The van der Waals surface area contributed by atoms with E-state index >= 15 is 0 Å². The zero-order chi connectivity index (χ0) is 16.5. The number of carbonyl (C=O) groups is 1. The summed E-state index contributed by atoms with van der Waals surface area (Å²) in [5, 5.41) is 9.20. The maximum absolute atomic E-state index is 13.0. The molecule has 1 aliphatic heterocycles. The van der Waals surface area contributed by atoms with E-state index < -0.39 is 23.8 Å². The number of carboxylic acid groups (broad SMARTS) is 1. The number of rotatable bonds is 1. The van der Waals surface area contributed by atoms with E-state index in [1.54, 1.807) is 6.92 Å². The number of carboxylic acids is 1. The summed E-state index contributed by atoms with van der Waals surface area (Å²) in [6.07, 6.45) is -5.97. The van der Waals surface area contributed by atoms with Gasteiger partial charge in [0.2, 0.25) is 6.10 Å². The Hall–Kier alpha value is -2.13. The molecule has 0 amide bonds. The van der Waals surface area contributed by atoms with Crippen LogP contribution < -0.4 is 4.74 Å². The molecular formula is C15H10ClF3O3. The lowest BCUT2D eigenvalue weighted by molar-refractivity contribution is -0.187. The fraction of sp³-hybridized carbons (Fsp3) is 0.267. The monoisotopic (exact) mass is 330 g/mol. The topological polar surface area (TPSA) is 46.5 Å². The molecule has 0 bridgehead atoms. The van der Waals surface area contributed by atoms with Crippen LogP contribution in [0.4, 0.5) is 13.2 Å². The lowest BCUT2D eigenvalue weighted by atomic mass is 9.99. The van der Waals surface area contributed by atoms with Gasteiger partial charge in [-0.15, -0.1) is 0 Å². The Balaban J connectivity index is 2.65. The number of halogens is 4. The molecule has 0 aliphatic carbocycles. The predicted octanol–water partition coefficient (Wildman–Crippen LogP) is 3.89. The van der Waals surface area contributed by atoms with Crippen molar-refractivity contribution in [1.29, 1.82) is 0 Å². The van der Waals surface area contributed by atoms with Gasteiger partial charge in [0.15, 0.2) is 0 Å². The van der Waals surface area contributed by atoms with Crippen LogP contribution in [0.3, 0.4) is 0 Å². The van der Waals surface area contributed by atoms with Gasteiger partial charge in [-0.1, -0.05) is 30.4 Å². The van der Waals surface area contributed by atoms with Crippen LogP contribution in [0.25, 0.3) is 6.08 Å². The van der Waals surface area contributed by atoms with Crippen LogP contribution in [0.5, 0.6) is 5.75 Å². The molecule has 0 fully saturated rings. The first kappa shape index (κ1) is 16.2. The number of benzene rings is 1. The quantitative estimate of drug-likeness (QED) is 0.795. The molecule has 0 spiro atoms. The minimum absolute atomic E-state index is 0.113. The van der Waals surface area contributed by atoms with Crippen molar-refractivity contribution in [1.82, 2.24) is 0 Å². The minimum atomic E-state index is -4.85. The number of alkyl halides is 3. The largest absolute Gasteiger partial charge is 0.478 e. The Morgan fingerprint density at radius 2 is 2.14 bits per heavy atom. The third kappa shape index (κ3) is 3.20. The summed E-state index contributed by atoms with van der Waals surface area (Å²) in [6.45, 7) is 1.78. The average molecular weight is 331 g/mol. The third-order valence-electron chi connectivity index (χ3n) is 2.86. The number of hydrogen-bond donors (Lipinski definition) is 1. The van der Waals surface area contributed by atoms with Crippen LogP contribution in [0.2, 0.25) is 5.02 Å². The van der Waals surface area contributed by atoms with Crippen molar-refractivity contribution in [2.45, 2.75) is 25.6 Å². The van der Waals surface area contributed by atoms with Crippen molar-refractivity contribution in [2.75, 3.05) is 0 Å². The minimum Gasteiger partial charge on any atom is -0.478 e. The van der Waals surface area contributed by atoms with Crippen LogP contribution >= 0.6 is 11.6 Å². The smallest absolute Gasteiger partial charge is 0.430 e. The molecular weight excluding hydrogens is 321 g/mol. The number of aliphatic carboxylic acids is 1. The maximum Gasteiger partial charge on any atom is 0.430 e. The standard InChI is InChI=1S/C15H10ClF3O3/c1-2-3-4-8-5-10(16)6-9-7-11(14(20)21)13(15(17,18)19)22-12(8)9/h5-7,13H,2H2,1H3,(H,20,21)/t13-/m1/s1. The third-order valence-corrected chi connectivity index (χ3v) is 3.07. The fourth-order valence-corrected chi connectivity index (χ4v) is 2.20. The first-order valence-corrected chi connectivity index (χ1v) is 6.62. The Morgan fingerprint density at radius 3 is 2.68 bits per heavy atom. The molecule has 0 saturated heterocycles. The Morgan fingerprint density at radius 1 is 1.45 bits per heavy atom. The van der Waals surface area contributed by atoms with Crippen molar-refractivity contribution in [3.63, 3.8) is 0 Å². The van der Waals surface area contributed by atoms with Gasteiger partial charge in [0.25, 0.3) is 0 Å². The molecule has 0 radical (unpaired) electrons. The van der Waals surface area contributed by atoms with E-state index in [9.17, 15) is 18.0 Å². The van der Waals surface area contributed by atoms with Crippen LogP contribution in [0, 0.1) is 11.8 Å². The molecule has 1 N–H and O–H groups in total. The molecule has 1 aromatic rings. The average Bonchev–Trinajstić information content (AvgIpc) is 2.42. The molecule has 1 aliphatic rings. The van der Waals surface area contributed by atoms with Gasteiger partial charge in [-0.05, 0) is 18.2 Å². The summed E-state index contributed by atoms with van der Waals surface area (Å²) < 4.78 is 44.0. The number of fused-ring (bicyclic) bond motifs is 1. The van der Waals surface area contributed by atoms with Gasteiger partial charge in [0.1, 0.15) is 5.75 Å². The van der Waals surface area contributed by atoms with Gasteiger partial charge in [-0.2, -0.15) is 13.2 Å². The van der Waals surface area contributed by atoms with Gasteiger partial charge < -0.3 is 9.84 Å². The van der Waals surface area contributed by atoms with Crippen LogP contribution in [-0.4, -0.2) is 23.4 Å². The summed E-state index contributed by atoms with van der Waals surface area (Å²) in [5.41, 5.74) is -0.540.